The van der Waals surface area contributed by atoms with Crippen molar-refractivity contribution in [1.29, 1.82) is 0 Å². The van der Waals surface area contributed by atoms with Crippen LogP contribution in [0.3, 0.4) is 0 Å². The van der Waals surface area contributed by atoms with Gasteiger partial charge in [0.05, 0.1) is 11.3 Å². The molecule has 3 heteroatoms. The number of rotatable bonds is 3. The maximum absolute atomic E-state index is 12.6. The fourth-order valence-electron chi connectivity index (χ4n) is 3.79. The van der Waals surface area contributed by atoms with Crippen LogP contribution in [0, 0.1) is 5.92 Å². The number of fused-ring (bicyclic) bond motifs is 1. The third-order valence-electron chi connectivity index (χ3n) is 4.84. The summed E-state index contributed by atoms with van der Waals surface area (Å²) in [4.78, 5) is 17.5. The molecule has 1 aromatic rings. The van der Waals surface area contributed by atoms with Crippen molar-refractivity contribution >= 4 is 23.1 Å². The molecule has 0 unspecified atom stereocenters. The minimum atomic E-state index is -0.153. The Morgan fingerprint density at radius 2 is 2.00 bits per heavy atom. The van der Waals surface area contributed by atoms with Crippen LogP contribution in [0.15, 0.2) is 23.2 Å². The second-order valence-corrected chi connectivity index (χ2v) is 7.76. The van der Waals surface area contributed by atoms with Crippen molar-refractivity contribution in [2.45, 2.75) is 64.3 Å². The van der Waals surface area contributed by atoms with Crippen molar-refractivity contribution in [1.82, 2.24) is 0 Å². The molecule has 1 heterocycles. The van der Waals surface area contributed by atoms with Crippen LogP contribution in [0.1, 0.15) is 63.5 Å². The molecule has 3 rings (SSSR count). The van der Waals surface area contributed by atoms with Gasteiger partial charge >= 0.3 is 0 Å². The highest BCUT2D eigenvalue weighted by molar-refractivity contribution is 6.30. The smallest absolute Gasteiger partial charge is 0.141 e. The number of benzene rings is 1. The summed E-state index contributed by atoms with van der Waals surface area (Å²) in [7, 11) is 0. The molecule has 118 valence electrons. The molecule has 0 bridgehead atoms. The Morgan fingerprint density at radius 3 is 2.73 bits per heavy atom. The SMILES string of the molecule is CC1(C)Cc2cc(Cl)ccc2C(CC(=O)C2CCCCC2)=N1. The van der Waals surface area contributed by atoms with Crippen molar-refractivity contribution < 1.29 is 4.79 Å². The van der Waals surface area contributed by atoms with Crippen LogP contribution >= 0.6 is 11.6 Å². The fourth-order valence-corrected chi connectivity index (χ4v) is 3.98. The molecule has 0 aromatic heterocycles. The molecule has 1 aliphatic carbocycles. The predicted molar refractivity (Wildman–Crippen MR) is 92.0 cm³/mol. The Labute approximate surface area is 138 Å². The number of ketones is 1. The van der Waals surface area contributed by atoms with E-state index in [1.165, 1.54) is 24.8 Å². The molecule has 0 amide bonds. The topological polar surface area (TPSA) is 29.4 Å². The molecule has 1 fully saturated rings. The Balaban J connectivity index is 1.85. The number of hydrogen-bond donors (Lipinski definition) is 0. The zero-order chi connectivity index (χ0) is 15.7. The van der Waals surface area contributed by atoms with E-state index in [0.717, 1.165) is 35.6 Å². The zero-order valence-corrected chi connectivity index (χ0v) is 14.2. The zero-order valence-electron chi connectivity index (χ0n) is 13.5. The number of Topliss-reactive ketones (excluding diaryl/α,β-unsaturated/α-hetero) is 1. The summed E-state index contributed by atoms with van der Waals surface area (Å²) >= 11 is 6.14. The Kier molecular flexibility index (Phi) is 4.40. The van der Waals surface area contributed by atoms with E-state index in [1.54, 1.807) is 0 Å². The van der Waals surface area contributed by atoms with Crippen molar-refractivity contribution in [2.24, 2.45) is 10.9 Å². The second-order valence-electron chi connectivity index (χ2n) is 7.33. The van der Waals surface area contributed by atoms with Gasteiger partial charge < -0.3 is 0 Å². The summed E-state index contributed by atoms with van der Waals surface area (Å²) in [5.41, 5.74) is 3.14. The first-order chi connectivity index (χ1) is 10.4. The summed E-state index contributed by atoms with van der Waals surface area (Å²) in [6.07, 6.45) is 7.14. The van der Waals surface area contributed by atoms with Crippen LogP contribution in [-0.2, 0) is 11.2 Å². The van der Waals surface area contributed by atoms with Crippen LogP contribution < -0.4 is 0 Å². The van der Waals surface area contributed by atoms with E-state index in [4.69, 9.17) is 16.6 Å². The molecule has 22 heavy (non-hydrogen) atoms. The molecule has 1 saturated carbocycles. The first-order valence-electron chi connectivity index (χ1n) is 8.35. The van der Waals surface area contributed by atoms with Crippen molar-refractivity contribution in [3.8, 4) is 0 Å². The predicted octanol–water partition coefficient (Wildman–Crippen LogP) is 5.00. The van der Waals surface area contributed by atoms with E-state index in [0.29, 0.717) is 12.2 Å². The molecule has 0 spiro atoms. The van der Waals surface area contributed by atoms with E-state index < -0.39 is 0 Å². The molecule has 0 saturated heterocycles. The third-order valence-corrected chi connectivity index (χ3v) is 5.08. The average Bonchev–Trinajstić information content (AvgIpc) is 2.46. The Morgan fingerprint density at radius 1 is 1.27 bits per heavy atom. The van der Waals surface area contributed by atoms with Gasteiger partial charge in [-0.3, -0.25) is 9.79 Å². The summed E-state index contributed by atoms with van der Waals surface area (Å²) in [5, 5.41) is 0.759. The van der Waals surface area contributed by atoms with Gasteiger partial charge in [-0.1, -0.05) is 36.9 Å². The number of carbonyl (C=O) groups is 1. The van der Waals surface area contributed by atoms with E-state index in [1.807, 2.05) is 18.2 Å². The lowest BCUT2D eigenvalue weighted by Crippen LogP contribution is -2.31. The lowest BCUT2D eigenvalue weighted by atomic mass is 9.81. The van der Waals surface area contributed by atoms with Gasteiger partial charge in [0.15, 0.2) is 0 Å². The molecule has 0 atom stereocenters. The van der Waals surface area contributed by atoms with Gasteiger partial charge in [-0.2, -0.15) is 0 Å². The van der Waals surface area contributed by atoms with Crippen molar-refractivity contribution in [3.05, 3.63) is 34.3 Å². The number of nitrogens with zero attached hydrogens (tertiary/aromatic N) is 1. The summed E-state index contributed by atoms with van der Waals surface area (Å²) < 4.78 is 0. The van der Waals surface area contributed by atoms with Gasteiger partial charge in [0.25, 0.3) is 0 Å². The molecule has 0 N–H and O–H groups in total. The number of hydrogen-bond acceptors (Lipinski definition) is 2. The van der Waals surface area contributed by atoms with Crippen LogP contribution in [0.4, 0.5) is 0 Å². The lowest BCUT2D eigenvalue weighted by molar-refractivity contribution is -0.122. The fraction of sp³-hybridized carbons (Fsp3) is 0.579. The minimum absolute atomic E-state index is 0.153. The van der Waals surface area contributed by atoms with Gasteiger partial charge in [0, 0.05) is 17.4 Å². The first-order valence-corrected chi connectivity index (χ1v) is 8.73. The number of aliphatic imine (C=N–C) groups is 1. The number of halogens is 1. The van der Waals surface area contributed by atoms with Gasteiger partial charge in [-0.25, -0.2) is 0 Å². The number of carbonyl (C=O) groups excluding carboxylic acids is 1. The molecule has 2 nitrogen and oxygen atoms in total. The molecular weight excluding hydrogens is 294 g/mol. The van der Waals surface area contributed by atoms with Crippen molar-refractivity contribution in [3.63, 3.8) is 0 Å². The van der Waals surface area contributed by atoms with E-state index >= 15 is 0 Å². The lowest BCUT2D eigenvalue weighted by Gasteiger charge is -2.30. The normalized spacial score (nSPS) is 21.1. The molecule has 1 aliphatic heterocycles. The molecule has 0 radical (unpaired) electrons. The van der Waals surface area contributed by atoms with Crippen LogP contribution in [-0.4, -0.2) is 17.0 Å². The van der Waals surface area contributed by atoms with E-state index in [2.05, 4.69) is 13.8 Å². The molecular formula is C19H24ClNO. The highest BCUT2D eigenvalue weighted by atomic mass is 35.5. The molecule has 2 aliphatic rings. The first kappa shape index (κ1) is 15.7. The van der Waals surface area contributed by atoms with Crippen molar-refractivity contribution in [2.75, 3.05) is 0 Å². The Bertz CT molecular complexity index is 612. The Hall–Kier alpha value is -1.15. The quantitative estimate of drug-likeness (QED) is 0.771. The van der Waals surface area contributed by atoms with Gasteiger partial charge in [-0.15, -0.1) is 0 Å². The summed E-state index contributed by atoms with van der Waals surface area (Å²) in [5.74, 6) is 0.620. The maximum atomic E-state index is 12.6. The summed E-state index contributed by atoms with van der Waals surface area (Å²) in [6, 6.07) is 5.96. The minimum Gasteiger partial charge on any atom is -0.299 e. The maximum Gasteiger partial charge on any atom is 0.141 e. The van der Waals surface area contributed by atoms with E-state index in [-0.39, 0.29) is 11.5 Å². The second kappa shape index (κ2) is 6.16. The van der Waals surface area contributed by atoms with E-state index in [9.17, 15) is 4.79 Å². The van der Waals surface area contributed by atoms with Gasteiger partial charge in [-0.05, 0) is 56.4 Å². The largest absolute Gasteiger partial charge is 0.299 e. The monoisotopic (exact) mass is 317 g/mol. The standard InChI is InChI=1S/C19H24ClNO/c1-19(2)12-14-10-15(20)8-9-16(14)17(21-19)11-18(22)13-6-4-3-5-7-13/h8-10,13H,3-7,11-12H2,1-2H3. The van der Waals surface area contributed by atoms with Crippen LogP contribution in [0.5, 0.6) is 0 Å². The highest BCUT2D eigenvalue weighted by Gasteiger charge is 2.29. The molecule has 1 aromatic carbocycles. The van der Waals surface area contributed by atoms with Crippen LogP contribution in [0.25, 0.3) is 0 Å². The highest BCUT2D eigenvalue weighted by Crippen LogP contribution is 2.31. The van der Waals surface area contributed by atoms with Gasteiger partial charge in [0.1, 0.15) is 5.78 Å². The van der Waals surface area contributed by atoms with Crippen LogP contribution in [0.2, 0.25) is 5.02 Å². The average molecular weight is 318 g/mol. The van der Waals surface area contributed by atoms with Gasteiger partial charge in [0.2, 0.25) is 0 Å². The third kappa shape index (κ3) is 3.43. The summed E-state index contributed by atoms with van der Waals surface area (Å²) in [6.45, 7) is 4.25.